The first-order chi connectivity index (χ1) is 14.0. The highest BCUT2D eigenvalue weighted by Crippen LogP contribution is 2.16. The number of rotatable bonds is 8. The first-order valence-electron chi connectivity index (χ1n) is 10.2. The Morgan fingerprint density at radius 3 is 2.34 bits per heavy atom. The van der Waals surface area contributed by atoms with Gasteiger partial charge in [-0.3, -0.25) is 14.5 Å². The smallest absolute Gasteiger partial charge is 0.226 e. The Morgan fingerprint density at radius 1 is 1.03 bits per heavy atom. The summed E-state index contributed by atoms with van der Waals surface area (Å²) in [6.07, 6.45) is 1.20. The van der Waals surface area contributed by atoms with Gasteiger partial charge in [-0.05, 0) is 32.4 Å². The molecule has 1 saturated heterocycles. The molecule has 0 atom stereocenters. The third-order valence-electron chi connectivity index (χ3n) is 5.36. The third-order valence-corrected chi connectivity index (χ3v) is 6.35. The summed E-state index contributed by atoms with van der Waals surface area (Å²) in [7, 11) is 0. The monoisotopic (exact) mass is 418 g/mol. The second-order valence-electron chi connectivity index (χ2n) is 7.39. The van der Waals surface area contributed by atoms with E-state index in [0.717, 1.165) is 50.7 Å². The van der Waals surface area contributed by atoms with Crippen molar-refractivity contribution in [3.63, 3.8) is 0 Å². The van der Waals surface area contributed by atoms with E-state index in [9.17, 15) is 9.59 Å². The molecule has 0 aliphatic carbocycles. The molecule has 29 heavy (non-hydrogen) atoms. The van der Waals surface area contributed by atoms with Crippen LogP contribution in [0.5, 0.6) is 0 Å². The van der Waals surface area contributed by atoms with Crippen molar-refractivity contribution in [3.8, 4) is 0 Å². The molecule has 9 heteroatoms. The average Bonchev–Trinajstić information content (AvgIpc) is 3.31. The minimum atomic E-state index is -0.187. The topological polar surface area (TPSA) is 83.4 Å². The Hall–Kier alpha value is -2.26. The van der Waals surface area contributed by atoms with Gasteiger partial charge in [0.15, 0.2) is 0 Å². The van der Waals surface area contributed by atoms with Gasteiger partial charge in [-0.15, -0.1) is 10.2 Å². The zero-order chi connectivity index (χ0) is 20.8. The second-order valence-corrected chi connectivity index (χ2v) is 8.45. The number of carbonyl (C=O) groups is 2. The van der Waals surface area contributed by atoms with E-state index < -0.39 is 0 Å². The van der Waals surface area contributed by atoms with Crippen LogP contribution in [-0.4, -0.2) is 69.1 Å². The maximum absolute atomic E-state index is 12.4. The molecule has 1 aliphatic heterocycles. The fraction of sp³-hybridized carbons (Fsp3) is 0.600. The van der Waals surface area contributed by atoms with Crippen LogP contribution in [0.1, 0.15) is 36.2 Å². The van der Waals surface area contributed by atoms with Gasteiger partial charge in [-0.25, -0.2) is 0 Å². The fourth-order valence-electron chi connectivity index (χ4n) is 3.52. The molecule has 2 amide bonds. The summed E-state index contributed by atoms with van der Waals surface area (Å²) < 4.78 is 2.33. The molecule has 1 aliphatic rings. The summed E-state index contributed by atoms with van der Waals surface area (Å²) in [4.78, 5) is 28.8. The van der Waals surface area contributed by atoms with Crippen molar-refractivity contribution in [1.29, 1.82) is 0 Å². The maximum Gasteiger partial charge on any atom is 0.226 e. The van der Waals surface area contributed by atoms with Crippen LogP contribution in [0.2, 0.25) is 0 Å². The Labute approximate surface area is 175 Å². The fourth-order valence-corrected chi connectivity index (χ4v) is 4.22. The van der Waals surface area contributed by atoms with Crippen LogP contribution in [0, 0.1) is 13.8 Å². The summed E-state index contributed by atoms with van der Waals surface area (Å²) in [6.45, 7) is 11.4. The Balaban J connectivity index is 1.35. The molecule has 8 nitrogen and oxygen atoms in total. The highest BCUT2D eigenvalue weighted by atomic mass is 32.1. The molecule has 2 aromatic heterocycles. The average molecular weight is 419 g/mol. The largest absolute Gasteiger partial charge is 0.348 e. The van der Waals surface area contributed by atoms with Crippen LogP contribution in [0.4, 0.5) is 5.13 Å². The molecule has 158 valence electrons. The number of piperazine rings is 1. The molecule has 3 heterocycles. The number of carbonyl (C=O) groups excluding carboxylic acids is 2. The number of anilines is 1. The molecule has 1 fully saturated rings. The highest BCUT2D eigenvalue weighted by Gasteiger charge is 2.21. The van der Waals surface area contributed by atoms with Crippen LogP contribution in [0.3, 0.4) is 0 Å². The maximum atomic E-state index is 12.4. The van der Waals surface area contributed by atoms with Crippen LogP contribution in [-0.2, 0) is 22.6 Å². The molecule has 3 rings (SSSR count). The SMILES string of the molecule is CCc1nnc(NC(=O)CCC(=O)N2CCN(CCn3c(C)ccc3C)CC2)s1. The summed E-state index contributed by atoms with van der Waals surface area (Å²) in [5.41, 5.74) is 2.57. The standard InChI is InChI=1S/C20H30N6O2S/c1-4-18-22-23-20(29-18)21-17(27)7-8-19(28)25-12-9-24(10-13-25)11-14-26-15(2)5-6-16(26)3/h5-6H,4,7-14H2,1-3H3,(H,21,23,27). The van der Waals surface area contributed by atoms with Crippen molar-refractivity contribution in [3.05, 3.63) is 28.5 Å². The summed E-state index contributed by atoms with van der Waals surface area (Å²) in [5.74, 6) is -0.142. The Kier molecular flexibility index (Phi) is 7.38. The van der Waals surface area contributed by atoms with Gasteiger partial charge in [0.1, 0.15) is 5.01 Å². The van der Waals surface area contributed by atoms with Crippen molar-refractivity contribution in [1.82, 2.24) is 24.6 Å². The molecule has 0 bridgehead atoms. The van der Waals surface area contributed by atoms with Gasteiger partial charge in [0.25, 0.3) is 0 Å². The van der Waals surface area contributed by atoms with Gasteiger partial charge >= 0.3 is 0 Å². The van der Waals surface area contributed by atoms with Gasteiger partial charge in [0.2, 0.25) is 16.9 Å². The molecule has 1 N–H and O–H groups in total. The molecule has 0 saturated carbocycles. The third kappa shape index (κ3) is 5.86. The predicted octanol–water partition coefficient (Wildman–Crippen LogP) is 2.08. The van der Waals surface area contributed by atoms with E-state index in [1.165, 1.54) is 22.7 Å². The molecular formula is C20H30N6O2S. The van der Waals surface area contributed by atoms with Crippen molar-refractivity contribution in [2.24, 2.45) is 0 Å². The number of aromatic nitrogens is 3. The number of nitrogens with one attached hydrogen (secondary N) is 1. The van der Waals surface area contributed by atoms with E-state index in [1.54, 1.807) is 0 Å². The lowest BCUT2D eigenvalue weighted by Crippen LogP contribution is -2.49. The van der Waals surface area contributed by atoms with Gasteiger partial charge in [-0.1, -0.05) is 18.3 Å². The summed E-state index contributed by atoms with van der Waals surface area (Å²) in [6, 6.07) is 4.30. The van der Waals surface area contributed by atoms with Crippen molar-refractivity contribution < 1.29 is 9.59 Å². The normalized spacial score (nSPS) is 14.9. The summed E-state index contributed by atoms with van der Waals surface area (Å²) >= 11 is 1.37. The number of amides is 2. The Morgan fingerprint density at radius 2 is 1.72 bits per heavy atom. The second kappa shape index (κ2) is 9.98. The van der Waals surface area contributed by atoms with Gasteiger partial charge < -0.3 is 14.8 Å². The van der Waals surface area contributed by atoms with E-state index in [2.05, 4.69) is 51.0 Å². The van der Waals surface area contributed by atoms with Crippen LogP contribution >= 0.6 is 11.3 Å². The van der Waals surface area contributed by atoms with E-state index in [-0.39, 0.29) is 24.7 Å². The first kappa shape index (κ1) is 21.4. The minimum Gasteiger partial charge on any atom is -0.348 e. The number of hydrogen-bond acceptors (Lipinski definition) is 6. The minimum absolute atomic E-state index is 0.0448. The number of aryl methyl sites for hydroxylation is 3. The van der Waals surface area contributed by atoms with E-state index in [1.807, 2.05) is 11.8 Å². The first-order valence-corrected chi connectivity index (χ1v) is 11.0. The summed E-state index contributed by atoms with van der Waals surface area (Å²) in [5, 5.41) is 12.0. The van der Waals surface area contributed by atoms with E-state index in [4.69, 9.17) is 0 Å². The molecule has 0 spiro atoms. The Bertz CT molecular complexity index is 818. The van der Waals surface area contributed by atoms with E-state index >= 15 is 0 Å². The number of nitrogens with zero attached hydrogens (tertiary/aromatic N) is 5. The number of hydrogen-bond donors (Lipinski definition) is 1. The van der Waals surface area contributed by atoms with E-state index in [0.29, 0.717) is 5.13 Å². The van der Waals surface area contributed by atoms with Gasteiger partial charge in [0, 0.05) is 63.5 Å². The molecule has 0 radical (unpaired) electrons. The highest BCUT2D eigenvalue weighted by molar-refractivity contribution is 7.15. The lowest BCUT2D eigenvalue weighted by molar-refractivity contribution is -0.134. The zero-order valence-electron chi connectivity index (χ0n) is 17.5. The van der Waals surface area contributed by atoms with Crippen molar-refractivity contribution in [2.45, 2.75) is 46.6 Å². The molecule has 0 aromatic carbocycles. The van der Waals surface area contributed by atoms with Crippen LogP contribution in [0.25, 0.3) is 0 Å². The lowest BCUT2D eigenvalue weighted by Gasteiger charge is -2.35. The molecule has 2 aromatic rings. The molecular weight excluding hydrogens is 388 g/mol. The predicted molar refractivity (Wildman–Crippen MR) is 114 cm³/mol. The van der Waals surface area contributed by atoms with Crippen LogP contribution < -0.4 is 5.32 Å². The van der Waals surface area contributed by atoms with Gasteiger partial charge in [0.05, 0.1) is 0 Å². The quantitative estimate of drug-likeness (QED) is 0.710. The van der Waals surface area contributed by atoms with Crippen molar-refractivity contribution in [2.75, 3.05) is 38.0 Å². The zero-order valence-corrected chi connectivity index (χ0v) is 18.3. The van der Waals surface area contributed by atoms with Crippen molar-refractivity contribution >= 4 is 28.3 Å². The lowest BCUT2D eigenvalue weighted by atomic mass is 10.2. The van der Waals surface area contributed by atoms with Crippen LogP contribution in [0.15, 0.2) is 12.1 Å². The van der Waals surface area contributed by atoms with Gasteiger partial charge in [-0.2, -0.15) is 0 Å². The molecule has 0 unspecified atom stereocenters.